The van der Waals surface area contributed by atoms with Gasteiger partial charge in [0.25, 0.3) is 5.91 Å². The van der Waals surface area contributed by atoms with E-state index in [1.807, 2.05) is 37.5 Å². The lowest BCUT2D eigenvalue weighted by atomic mass is 9.97. The van der Waals surface area contributed by atoms with E-state index in [2.05, 4.69) is 36.2 Å². The van der Waals surface area contributed by atoms with Gasteiger partial charge in [-0.05, 0) is 53.3 Å². The van der Waals surface area contributed by atoms with Crippen molar-refractivity contribution in [2.75, 3.05) is 11.9 Å². The number of aryl methyl sites for hydroxylation is 2. The first kappa shape index (κ1) is 19.1. The van der Waals surface area contributed by atoms with E-state index in [0.29, 0.717) is 6.42 Å². The van der Waals surface area contributed by atoms with Crippen molar-refractivity contribution in [2.45, 2.75) is 32.6 Å². The Morgan fingerprint density at radius 1 is 1.10 bits per heavy atom. The van der Waals surface area contributed by atoms with Gasteiger partial charge >= 0.3 is 0 Å². The topological polar surface area (TPSA) is 50.3 Å². The first-order valence-electron chi connectivity index (χ1n) is 9.92. The molecule has 0 spiro atoms. The maximum atomic E-state index is 12.8. The lowest BCUT2D eigenvalue weighted by Crippen LogP contribution is -2.26. The summed E-state index contributed by atoms with van der Waals surface area (Å²) in [6, 6.07) is 16.3. The van der Waals surface area contributed by atoms with Gasteiger partial charge in [0, 0.05) is 37.6 Å². The van der Waals surface area contributed by atoms with Crippen molar-refractivity contribution in [1.29, 1.82) is 0 Å². The highest BCUT2D eigenvalue weighted by Gasteiger charge is 2.24. The third kappa shape index (κ3) is 3.83. The number of rotatable bonds is 5. The normalized spacial score (nSPS) is 12.9. The lowest BCUT2D eigenvalue weighted by Gasteiger charge is -2.18. The minimum atomic E-state index is 0.00987. The molecule has 0 unspecified atom stereocenters. The molecular formula is C25H24N2O2. The zero-order valence-electron chi connectivity index (χ0n) is 16.8. The van der Waals surface area contributed by atoms with Gasteiger partial charge in [0.1, 0.15) is 6.29 Å². The van der Waals surface area contributed by atoms with Gasteiger partial charge in [-0.3, -0.25) is 9.78 Å². The van der Waals surface area contributed by atoms with Crippen LogP contribution in [0.3, 0.4) is 0 Å². The van der Waals surface area contributed by atoms with Crippen molar-refractivity contribution in [1.82, 2.24) is 4.98 Å². The van der Waals surface area contributed by atoms with Gasteiger partial charge in [-0.1, -0.05) is 36.4 Å². The number of benzene rings is 2. The highest BCUT2D eigenvalue weighted by molar-refractivity contribution is 6.08. The number of anilines is 1. The maximum absolute atomic E-state index is 12.8. The molecule has 0 fully saturated rings. The molecule has 2 heterocycles. The molecule has 4 rings (SSSR count). The Bertz CT molecular complexity index is 1090. The van der Waals surface area contributed by atoms with Crippen LogP contribution in [0, 0.1) is 6.92 Å². The molecule has 0 saturated heterocycles. The van der Waals surface area contributed by atoms with Crippen molar-refractivity contribution in [3.05, 3.63) is 93.8 Å². The molecule has 2 aromatic carbocycles. The molecule has 0 aliphatic carbocycles. The highest BCUT2D eigenvalue weighted by Crippen LogP contribution is 2.30. The highest BCUT2D eigenvalue weighted by atomic mass is 16.2. The van der Waals surface area contributed by atoms with E-state index in [1.54, 1.807) is 4.90 Å². The number of nitrogens with zero attached hydrogens (tertiary/aromatic N) is 2. The van der Waals surface area contributed by atoms with Crippen molar-refractivity contribution >= 4 is 17.9 Å². The second kappa shape index (κ2) is 8.00. The second-order valence-electron chi connectivity index (χ2n) is 7.65. The number of fused-ring (bicyclic) bond motifs is 2. The summed E-state index contributed by atoms with van der Waals surface area (Å²) in [4.78, 5) is 29.8. The number of amides is 1. The Morgan fingerprint density at radius 2 is 1.93 bits per heavy atom. The molecule has 1 amide bonds. The Balaban J connectivity index is 1.63. The van der Waals surface area contributed by atoms with Gasteiger partial charge in [0.05, 0.1) is 11.9 Å². The molecule has 0 atom stereocenters. The molecule has 0 bridgehead atoms. The molecule has 1 aliphatic rings. The number of carbonyl (C=O) groups excluding carboxylic acids is 2. The number of aromatic nitrogens is 1. The van der Waals surface area contributed by atoms with Crippen LogP contribution in [0.25, 0.3) is 0 Å². The predicted octanol–water partition coefficient (Wildman–Crippen LogP) is 4.29. The maximum Gasteiger partial charge on any atom is 0.258 e. The monoisotopic (exact) mass is 384 g/mol. The van der Waals surface area contributed by atoms with E-state index in [0.717, 1.165) is 53.6 Å². The van der Waals surface area contributed by atoms with Crippen molar-refractivity contribution in [3.63, 3.8) is 0 Å². The molecule has 1 aromatic heterocycles. The fourth-order valence-corrected chi connectivity index (χ4v) is 3.99. The minimum Gasteiger partial charge on any atom is -0.310 e. The Hall–Kier alpha value is -3.27. The van der Waals surface area contributed by atoms with E-state index in [-0.39, 0.29) is 5.91 Å². The van der Waals surface area contributed by atoms with E-state index in [9.17, 15) is 9.59 Å². The van der Waals surface area contributed by atoms with Crippen molar-refractivity contribution < 1.29 is 9.59 Å². The summed E-state index contributed by atoms with van der Waals surface area (Å²) in [6.45, 7) is 2.10. The minimum absolute atomic E-state index is 0.00987. The predicted molar refractivity (Wildman–Crippen MR) is 115 cm³/mol. The number of hydrogen-bond donors (Lipinski definition) is 0. The summed E-state index contributed by atoms with van der Waals surface area (Å²) < 4.78 is 0. The zero-order valence-corrected chi connectivity index (χ0v) is 16.8. The molecule has 0 N–H and O–H groups in total. The molecule has 1 aliphatic heterocycles. The summed E-state index contributed by atoms with van der Waals surface area (Å²) in [5.41, 5.74) is 8.42. The van der Waals surface area contributed by atoms with Crippen LogP contribution < -0.4 is 4.90 Å². The third-order valence-corrected chi connectivity index (χ3v) is 5.65. The van der Waals surface area contributed by atoms with Crippen LogP contribution in [0.15, 0.2) is 54.7 Å². The molecule has 4 heteroatoms. The van der Waals surface area contributed by atoms with Gasteiger partial charge in [-0.15, -0.1) is 0 Å². The lowest BCUT2D eigenvalue weighted by molar-refractivity contribution is -0.107. The van der Waals surface area contributed by atoms with Crippen LogP contribution in [0.1, 0.15) is 50.3 Å². The molecule has 3 aromatic rings. The fourth-order valence-electron chi connectivity index (χ4n) is 3.99. The van der Waals surface area contributed by atoms with Gasteiger partial charge in [0.15, 0.2) is 0 Å². The van der Waals surface area contributed by atoms with Crippen LogP contribution in [0.2, 0.25) is 0 Å². The van der Waals surface area contributed by atoms with E-state index >= 15 is 0 Å². The molecule has 0 radical (unpaired) electrons. The SMILES string of the molecule is Cc1cc(CCC=O)ccc1Cc1cc2c(cn1)N(C)C(=O)c1ccccc1C2. The van der Waals surface area contributed by atoms with E-state index < -0.39 is 0 Å². The number of carbonyl (C=O) groups is 2. The summed E-state index contributed by atoms with van der Waals surface area (Å²) in [7, 11) is 1.81. The molecular weight excluding hydrogens is 360 g/mol. The van der Waals surface area contributed by atoms with Gasteiger partial charge in [0.2, 0.25) is 0 Å². The first-order valence-corrected chi connectivity index (χ1v) is 9.92. The Morgan fingerprint density at radius 3 is 2.72 bits per heavy atom. The van der Waals surface area contributed by atoms with Gasteiger partial charge < -0.3 is 9.69 Å². The summed E-state index contributed by atoms with van der Waals surface area (Å²) in [6.07, 6.45) is 5.58. The largest absolute Gasteiger partial charge is 0.310 e. The average Bonchev–Trinajstić information content (AvgIpc) is 2.83. The molecule has 146 valence electrons. The van der Waals surface area contributed by atoms with E-state index in [4.69, 9.17) is 0 Å². The van der Waals surface area contributed by atoms with Crippen molar-refractivity contribution in [3.8, 4) is 0 Å². The summed E-state index contributed by atoms with van der Waals surface area (Å²) in [5, 5.41) is 0. The standard InChI is InChI=1S/C25H24N2O2/c1-17-12-18(6-5-11-28)9-10-19(17)14-22-15-21-13-20-7-3-4-8-23(20)25(29)27(2)24(21)16-26-22/h3-4,7-12,15-16H,5-6,13-14H2,1-2H3. The van der Waals surface area contributed by atoms with Crippen LogP contribution in [0.4, 0.5) is 5.69 Å². The Kier molecular flexibility index (Phi) is 5.26. The molecule has 0 saturated carbocycles. The smallest absolute Gasteiger partial charge is 0.258 e. The summed E-state index contributed by atoms with van der Waals surface area (Å²) in [5.74, 6) is 0.00987. The average molecular weight is 384 g/mol. The van der Waals surface area contributed by atoms with E-state index in [1.165, 1.54) is 16.7 Å². The van der Waals surface area contributed by atoms with Crippen LogP contribution >= 0.6 is 0 Å². The number of pyridine rings is 1. The molecule has 29 heavy (non-hydrogen) atoms. The van der Waals surface area contributed by atoms with Crippen LogP contribution in [-0.2, 0) is 24.1 Å². The third-order valence-electron chi connectivity index (χ3n) is 5.65. The summed E-state index contributed by atoms with van der Waals surface area (Å²) >= 11 is 0. The number of hydrogen-bond acceptors (Lipinski definition) is 3. The second-order valence-corrected chi connectivity index (χ2v) is 7.65. The first-order chi connectivity index (χ1) is 14.1. The van der Waals surface area contributed by atoms with Crippen LogP contribution in [0.5, 0.6) is 0 Å². The fraction of sp³-hybridized carbons (Fsp3) is 0.240. The molecule has 4 nitrogen and oxygen atoms in total. The van der Waals surface area contributed by atoms with Crippen LogP contribution in [-0.4, -0.2) is 24.2 Å². The Labute approximate surface area is 171 Å². The zero-order chi connectivity index (χ0) is 20.4. The van der Waals surface area contributed by atoms with Gasteiger partial charge in [-0.2, -0.15) is 0 Å². The quantitative estimate of drug-likeness (QED) is 0.617. The van der Waals surface area contributed by atoms with Crippen molar-refractivity contribution in [2.24, 2.45) is 0 Å². The van der Waals surface area contributed by atoms with Gasteiger partial charge in [-0.25, -0.2) is 0 Å². The number of aldehydes is 1.